The summed E-state index contributed by atoms with van der Waals surface area (Å²) in [5.41, 5.74) is 0.358. The highest BCUT2D eigenvalue weighted by molar-refractivity contribution is 6.30. The number of nitrogens with one attached hydrogen (secondary N) is 1. The van der Waals surface area contributed by atoms with Crippen LogP contribution in [-0.4, -0.2) is 30.1 Å². The van der Waals surface area contributed by atoms with Crippen molar-refractivity contribution in [2.45, 2.75) is 31.7 Å². The summed E-state index contributed by atoms with van der Waals surface area (Å²) in [7, 11) is 1.46. The van der Waals surface area contributed by atoms with Gasteiger partial charge in [-0.25, -0.2) is 0 Å². The third-order valence-corrected chi connectivity index (χ3v) is 4.04. The number of hydrogen-bond acceptors (Lipinski definition) is 3. The Morgan fingerprint density at radius 2 is 2.05 bits per heavy atom. The number of carboxylic acids is 1. The molecule has 0 aromatic heterocycles. The van der Waals surface area contributed by atoms with Crippen molar-refractivity contribution in [1.82, 2.24) is 5.32 Å². The van der Waals surface area contributed by atoms with Crippen molar-refractivity contribution in [3.8, 4) is 5.75 Å². The second kappa shape index (κ2) is 6.80. The summed E-state index contributed by atoms with van der Waals surface area (Å²) >= 11 is 5.87. The zero-order valence-corrected chi connectivity index (χ0v) is 12.5. The third kappa shape index (κ3) is 3.67. The Balaban J connectivity index is 2.15. The number of aliphatic carboxylic acids is 1. The normalized spacial score (nSPS) is 21.6. The van der Waals surface area contributed by atoms with Crippen LogP contribution in [-0.2, 0) is 4.79 Å². The van der Waals surface area contributed by atoms with E-state index in [1.165, 1.54) is 7.11 Å². The number of carboxylic acid groups (broad SMARTS) is 1. The molecule has 0 heterocycles. The smallest absolute Gasteiger partial charge is 0.308 e. The molecule has 0 saturated heterocycles. The van der Waals surface area contributed by atoms with Crippen molar-refractivity contribution >= 4 is 23.5 Å². The van der Waals surface area contributed by atoms with E-state index < -0.39 is 11.9 Å². The molecule has 21 heavy (non-hydrogen) atoms. The quantitative estimate of drug-likeness (QED) is 0.896. The van der Waals surface area contributed by atoms with Gasteiger partial charge >= 0.3 is 5.97 Å². The van der Waals surface area contributed by atoms with E-state index in [4.69, 9.17) is 16.3 Å². The van der Waals surface area contributed by atoms with Crippen LogP contribution in [0.2, 0.25) is 5.02 Å². The van der Waals surface area contributed by atoms with Crippen LogP contribution in [0.1, 0.15) is 36.0 Å². The number of carbonyl (C=O) groups excluding carboxylic acids is 1. The maximum Gasteiger partial charge on any atom is 0.308 e. The van der Waals surface area contributed by atoms with E-state index in [0.717, 1.165) is 12.8 Å². The van der Waals surface area contributed by atoms with Crippen LogP contribution in [0.15, 0.2) is 18.2 Å². The van der Waals surface area contributed by atoms with Crippen LogP contribution in [0.3, 0.4) is 0 Å². The summed E-state index contributed by atoms with van der Waals surface area (Å²) in [4.78, 5) is 23.6. The topological polar surface area (TPSA) is 75.6 Å². The minimum Gasteiger partial charge on any atom is -0.496 e. The van der Waals surface area contributed by atoms with Crippen LogP contribution in [0, 0.1) is 5.92 Å². The van der Waals surface area contributed by atoms with Gasteiger partial charge in [0.25, 0.3) is 5.91 Å². The molecule has 1 aliphatic rings. The predicted molar refractivity (Wildman–Crippen MR) is 78.9 cm³/mol. The van der Waals surface area contributed by atoms with Crippen LogP contribution < -0.4 is 10.1 Å². The second-order valence-electron chi connectivity index (χ2n) is 5.15. The van der Waals surface area contributed by atoms with E-state index in [0.29, 0.717) is 29.2 Å². The molecule has 2 rings (SSSR count). The molecule has 1 aromatic rings. The number of carbonyl (C=O) groups is 2. The molecule has 0 bridgehead atoms. The van der Waals surface area contributed by atoms with Gasteiger partial charge in [-0.05, 0) is 31.0 Å². The zero-order valence-electron chi connectivity index (χ0n) is 11.8. The van der Waals surface area contributed by atoms with Crippen LogP contribution in [0.4, 0.5) is 0 Å². The molecule has 5 nitrogen and oxygen atoms in total. The van der Waals surface area contributed by atoms with Crippen LogP contribution in [0.5, 0.6) is 5.75 Å². The first-order chi connectivity index (χ1) is 10.0. The first-order valence-electron chi connectivity index (χ1n) is 6.90. The van der Waals surface area contributed by atoms with E-state index >= 15 is 0 Å². The molecular formula is C15H18ClNO4. The van der Waals surface area contributed by atoms with Crippen molar-refractivity contribution in [2.24, 2.45) is 5.92 Å². The van der Waals surface area contributed by atoms with E-state index in [-0.39, 0.29) is 11.9 Å². The summed E-state index contributed by atoms with van der Waals surface area (Å²) in [6.45, 7) is 0. The van der Waals surface area contributed by atoms with Gasteiger partial charge in [-0.1, -0.05) is 24.4 Å². The largest absolute Gasteiger partial charge is 0.496 e. The number of rotatable bonds is 4. The highest BCUT2D eigenvalue weighted by Gasteiger charge is 2.32. The molecule has 2 unspecified atom stereocenters. The molecule has 1 aromatic carbocycles. The fourth-order valence-electron chi connectivity index (χ4n) is 2.70. The predicted octanol–water partition coefficient (Wildman–Crippen LogP) is 2.72. The zero-order chi connectivity index (χ0) is 15.4. The van der Waals surface area contributed by atoms with Gasteiger partial charge in [0.15, 0.2) is 0 Å². The second-order valence-corrected chi connectivity index (χ2v) is 5.59. The Labute approximate surface area is 128 Å². The molecule has 2 atom stereocenters. The molecule has 6 heteroatoms. The fourth-order valence-corrected chi connectivity index (χ4v) is 2.86. The number of ether oxygens (including phenoxy) is 1. The molecule has 0 aliphatic heterocycles. The monoisotopic (exact) mass is 311 g/mol. The maximum absolute atomic E-state index is 12.3. The average Bonchev–Trinajstić information content (AvgIpc) is 2.47. The van der Waals surface area contributed by atoms with Gasteiger partial charge in [0.05, 0.1) is 18.6 Å². The van der Waals surface area contributed by atoms with E-state index in [9.17, 15) is 14.7 Å². The minimum absolute atomic E-state index is 0.332. The van der Waals surface area contributed by atoms with E-state index in [2.05, 4.69) is 5.32 Å². The lowest BCUT2D eigenvalue weighted by Gasteiger charge is -2.29. The lowest BCUT2D eigenvalue weighted by Crippen LogP contribution is -2.45. The third-order valence-electron chi connectivity index (χ3n) is 3.81. The van der Waals surface area contributed by atoms with Crippen molar-refractivity contribution in [3.63, 3.8) is 0 Å². The Bertz CT molecular complexity index is 546. The number of methoxy groups -OCH3 is 1. The number of amides is 1. The van der Waals surface area contributed by atoms with E-state index in [1.807, 2.05) is 0 Å². The Kier molecular flexibility index (Phi) is 5.07. The molecule has 0 spiro atoms. The number of hydrogen-bond donors (Lipinski definition) is 2. The van der Waals surface area contributed by atoms with Crippen molar-refractivity contribution in [2.75, 3.05) is 7.11 Å². The molecule has 1 saturated carbocycles. The molecule has 2 N–H and O–H groups in total. The standard InChI is InChI=1S/C15H18ClNO4/c1-21-13-8-9(16)6-7-11(13)14(18)17-12-5-3-2-4-10(12)15(19)20/h6-8,10,12H,2-5H2,1H3,(H,17,18)(H,19,20). The minimum atomic E-state index is -0.858. The van der Waals surface area contributed by atoms with Crippen molar-refractivity contribution < 1.29 is 19.4 Å². The van der Waals surface area contributed by atoms with Gasteiger partial charge in [0, 0.05) is 11.1 Å². The van der Waals surface area contributed by atoms with Gasteiger partial charge in [0.1, 0.15) is 5.75 Å². The van der Waals surface area contributed by atoms with Crippen LogP contribution >= 0.6 is 11.6 Å². The van der Waals surface area contributed by atoms with Crippen LogP contribution in [0.25, 0.3) is 0 Å². The van der Waals surface area contributed by atoms with Gasteiger partial charge in [-0.15, -0.1) is 0 Å². The Hall–Kier alpha value is -1.75. The summed E-state index contributed by atoms with van der Waals surface area (Å²) in [6.07, 6.45) is 3.08. The van der Waals surface area contributed by atoms with Gasteiger partial charge in [-0.2, -0.15) is 0 Å². The first kappa shape index (κ1) is 15.6. The van der Waals surface area contributed by atoms with Crippen molar-refractivity contribution in [3.05, 3.63) is 28.8 Å². The Morgan fingerprint density at radius 3 is 2.71 bits per heavy atom. The fraction of sp³-hybridized carbons (Fsp3) is 0.467. The molecule has 1 fully saturated rings. The maximum atomic E-state index is 12.3. The molecule has 1 aliphatic carbocycles. The van der Waals surface area contributed by atoms with E-state index in [1.54, 1.807) is 18.2 Å². The molecule has 1 amide bonds. The highest BCUT2D eigenvalue weighted by Crippen LogP contribution is 2.27. The lowest BCUT2D eigenvalue weighted by molar-refractivity contribution is -0.143. The van der Waals surface area contributed by atoms with Gasteiger partial charge in [0.2, 0.25) is 0 Å². The lowest BCUT2D eigenvalue weighted by atomic mass is 9.84. The Morgan fingerprint density at radius 1 is 1.33 bits per heavy atom. The number of halogens is 1. The first-order valence-corrected chi connectivity index (χ1v) is 7.28. The summed E-state index contributed by atoms with van der Waals surface area (Å²) < 4.78 is 5.15. The number of benzene rings is 1. The summed E-state index contributed by atoms with van der Waals surface area (Å²) in [5.74, 6) is -1.34. The summed E-state index contributed by atoms with van der Waals surface area (Å²) in [6, 6.07) is 4.40. The van der Waals surface area contributed by atoms with Gasteiger partial charge < -0.3 is 15.2 Å². The van der Waals surface area contributed by atoms with Crippen molar-refractivity contribution in [1.29, 1.82) is 0 Å². The van der Waals surface area contributed by atoms with Gasteiger partial charge in [-0.3, -0.25) is 9.59 Å². The molecular weight excluding hydrogens is 294 g/mol. The summed E-state index contributed by atoms with van der Waals surface area (Å²) in [5, 5.41) is 12.5. The SMILES string of the molecule is COc1cc(Cl)ccc1C(=O)NC1CCCCC1C(=O)O. The highest BCUT2D eigenvalue weighted by atomic mass is 35.5. The average molecular weight is 312 g/mol. The molecule has 114 valence electrons. The molecule has 0 radical (unpaired) electrons.